The molecule has 28 heavy (non-hydrogen) atoms. The van der Waals surface area contributed by atoms with Crippen LogP contribution in [0.2, 0.25) is 5.02 Å². The number of imidazole rings is 1. The minimum atomic E-state index is -0.484. The van der Waals surface area contributed by atoms with Gasteiger partial charge < -0.3 is 14.2 Å². The number of aryl methyl sites for hydroxylation is 2. The monoisotopic (exact) mass is 421 g/mol. The maximum Gasteiger partial charge on any atom is 0.410 e. The van der Waals surface area contributed by atoms with Crippen LogP contribution in [0.3, 0.4) is 0 Å². The molecule has 0 saturated carbocycles. The first-order valence-electron chi connectivity index (χ1n) is 9.54. The lowest BCUT2D eigenvalue weighted by Gasteiger charge is -2.26. The average Bonchev–Trinajstić information content (AvgIpc) is 2.80. The molecule has 3 rings (SSSR count). The Morgan fingerprint density at radius 3 is 2.64 bits per heavy atom. The Kier molecular flexibility index (Phi) is 6.30. The Morgan fingerprint density at radius 1 is 1.29 bits per heavy atom. The van der Waals surface area contributed by atoms with Gasteiger partial charge in [-0.2, -0.15) is 0 Å². The van der Waals surface area contributed by atoms with Crippen LogP contribution in [0.15, 0.2) is 23.4 Å². The number of aromatic nitrogens is 2. The second-order valence-corrected chi connectivity index (χ2v) is 9.56. The molecule has 2 aromatic rings. The van der Waals surface area contributed by atoms with Gasteiger partial charge in [-0.25, -0.2) is 9.78 Å². The zero-order chi connectivity index (χ0) is 20.5. The van der Waals surface area contributed by atoms with Crippen molar-refractivity contribution in [2.75, 3.05) is 13.1 Å². The van der Waals surface area contributed by atoms with Gasteiger partial charge in [-0.05, 0) is 63.3 Å². The van der Waals surface area contributed by atoms with E-state index in [1.807, 2.05) is 51.6 Å². The largest absolute Gasteiger partial charge is 0.444 e. The van der Waals surface area contributed by atoms with Gasteiger partial charge in [-0.1, -0.05) is 17.7 Å². The molecule has 0 fully saturated rings. The number of amides is 1. The number of carbonyl (C=O) groups excluding carboxylic acids is 1. The van der Waals surface area contributed by atoms with Crippen LogP contribution >= 0.6 is 23.4 Å². The molecule has 2 heterocycles. The van der Waals surface area contributed by atoms with Gasteiger partial charge >= 0.3 is 6.09 Å². The van der Waals surface area contributed by atoms with Crippen molar-refractivity contribution in [1.29, 1.82) is 0 Å². The van der Waals surface area contributed by atoms with E-state index < -0.39 is 5.60 Å². The van der Waals surface area contributed by atoms with Gasteiger partial charge in [0.25, 0.3) is 0 Å². The molecule has 152 valence electrons. The van der Waals surface area contributed by atoms with Gasteiger partial charge in [-0.3, -0.25) is 0 Å². The Labute approximate surface area is 176 Å². The summed E-state index contributed by atoms with van der Waals surface area (Å²) in [6.45, 7) is 8.98. The molecule has 0 bridgehead atoms. The number of nitrogens with zero attached hydrogens (tertiary/aromatic N) is 3. The first kappa shape index (κ1) is 21.1. The van der Waals surface area contributed by atoms with Crippen LogP contribution in [0.4, 0.5) is 4.79 Å². The van der Waals surface area contributed by atoms with Crippen molar-refractivity contribution in [3.63, 3.8) is 0 Å². The summed E-state index contributed by atoms with van der Waals surface area (Å²) in [5.41, 5.74) is 3.20. The van der Waals surface area contributed by atoms with Gasteiger partial charge in [0.1, 0.15) is 16.5 Å². The third kappa shape index (κ3) is 5.03. The smallest absolute Gasteiger partial charge is 0.410 e. The zero-order valence-electron chi connectivity index (χ0n) is 17.2. The molecule has 0 unspecified atom stereocenters. The molecule has 0 N–H and O–H groups in total. The highest BCUT2D eigenvalue weighted by Crippen LogP contribution is 2.32. The molecule has 7 heteroatoms. The van der Waals surface area contributed by atoms with E-state index in [0.717, 1.165) is 40.0 Å². The molecular weight excluding hydrogens is 394 g/mol. The Morgan fingerprint density at radius 2 is 2.00 bits per heavy atom. The van der Waals surface area contributed by atoms with Gasteiger partial charge in [0.2, 0.25) is 0 Å². The molecule has 0 spiro atoms. The Bertz CT molecular complexity index is 854. The predicted molar refractivity (Wildman–Crippen MR) is 114 cm³/mol. The molecule has 1 aliphatic rings. The molecule has 1 amide bonds. The maximum atomic E-state index is 12.5. The van der Waals surface area contributed by atoms with E-state index in [4.69, 9.17) is 16.3 Å². The lowest BCUT2D eigenvalue weighted by atomic mass is 9.98. The standard InChI is InChI=1S/C21H28ClN3O2S/c1-14-23-19(12-24(14)5)28-13-17-16-9-11-25(20(26)27-21(2,3)4)10-8-15(16)6-7-18(17)22/h6-7,12H,8-11,13H2,1-5H3. The van der Waals surface area contributed by atoms with E-state index >= 15 is 0 Å². The summed E-state index contributed by atoms with van der Waals surface area (Å²) in [6.07, 6.45) is 3.39. The topological polar surface area (TPSA) is 47.4 Å². The van der Waals surface area contributed by atoms with Gasteiger partial charge in [0, 0.05) is 37.1 Å². The van der Waals surface area contributed by atoms with Gasteiger partial charge in [0.05, 0.1) is 0 Å². The first-order chi connectivity index (χ1) is 13.1. The van der Waals surface area contributed by atoms with Crippen LogP contribution in [0.5, 0.6) is 0 Å². The summed E-state index contributed by atoms with van der Waals surface area (Å²) in [6, 6.07) is 4.07. The summed E-state index contributed by atoms with van der Waals surface area (Å²) < 4.78 is 7.57. The average molecular weight is 422 g/mol. The lowest BCUT2D eigenvalue weighted by Crippen LogP contribution is -2.38. The number of rotatable bonds is 3. The van der Waals surface area contributed by atoms with Crippen molar-refractivity contribution in [1.82, 2.24) is 14.5 Å². The second-order valence-electron chi connectivity index (χ2n) is 8.16. The quantitative estimate of drug-likeness (QED) is 0.653. The van der Waals surface area contributed by atoms with Crippen LogP contribution in [0.1, 0.15) is 43.3 Å². The number of fused-ring (bicyclic) bond motifs is 1. The third-order valence-corrected chi connectivity index (χ3v) is 6.14. The number of hydrogen-bond acceptors (Lipinski definition) is 4. The van der Waals surface area contributed by atoms with Crippen LogP contribution in [-0.4, -0.2) is 39.2 Å². The normalized spacial score (nSPS) is 14.6. The van der Waals surface area contributed by atoms with Crippen molar-refractivity contribution >= 4 is 29.5 Å². The van der Waals surface area contributed by atoms with Crippen LogP contribution in [0.25, 0.3) is 0 Å². The number of thioether (sulfide) groups is 1. The fraction of sp³-hybridized carbons (Fsp3) is 0.524. The number of carbonyl (C=O) groups is 1. The zero-order valence-corrected chi connectivity index (χ0v) is 18.8. The SMILES string of the molecule is Cc1nc(SCc2c(Cl)ccc3c2CCN(C(=O)OC(C)(C)C)CC3)cn1C. The third-order valence-electron chi connectivity index (χ3n) is 4.86. The molecule has 1 aromatic heterocycles. The summed E-state index contributed by atoms with van der Waals surface area (Å²) >= 11 is 8.25. The molecule has 0 radical (unpaired) electrons. The van der Waals surface area contributed by atoms with E-state index in [1.54, 1.807) is 16.7 Å². The van der Waals surface area contributed by atoms with Crippen molar-refractivity contribution in [3.05, 3.63) is 45.9 Å². The van der Waals surface area contributed by atoms with E-state index in [1.165, 1.54) is 11.1 Å². The Hall–Kier alpha value is -1.66. The van der Waals surface area contributed by atoms with Crippen molar-refractivity contribution in [2.45, 2.75) is 56.9 Å². The fourth-order valence-electron chi connectivity index (χ4n) is 3.28. The highest BCUT2D eigenvalue weighted by Gasteiger charge is 2.25. The van der Waals surface area contributed by atoms with Crippen LogP contribution < -0.4 is 0 Å². The van der Waals surface area contributed by atoms with Crippen molar-refractivity contribution < 1.29 is 9.53 Å². The summed E-state index contributed by atoms with van der Waals surface area (Å²) in [5, 5.41) is 1.78. The molecule has 1 aliphatic heterocycles. The lowest BCUT2D eigenvalue weighted by molar-refractivity contribution is 0.0258. The van der Waals surface area contributed by atoms with Crippen molar-refractivity contribution in [2.24, 2.45) is 7.05 Å². The van der Waals surface area contributed by atoms with Crippen LogP contribution in [0, 0.1) is 6.92 Å². The minimum absolute atomic E-state index is 0.244. The molecule has 0 aliphatic carbocycles. The van der Waals surface area contributed by atoms with E-state index in [2.05, 4.69) is 11.1 Å². The van der Waals surface area contributed by atoms with E-state index in [0.29, 0.717) is 13.1 Å². The van der Waals surface area contributed by atoms with Gasteiger partial charge in [-0.15, -0.1) is 11.8 Å². The fourth-order valence-corrected chi connectivity index (χ4v) is 4.65. The molecule has 5 nitrogen and oxygen atoms in total. The van der Waals surface area contributed by atoms with Gasteiger partial charge in [0.15, 0.2) is 0 Å². The molecular formula is C21H28ClN3O2S. The molecule has 1 aromatic carbocycles. The first-order valence-corrected chi connectivity index (χ1v) is 10.9. The number of benzene rings is 1. The van der Waals surface area contributed by atoms with E-state index in [9.17, 15) is 4.79 Å². The molecule has 0 atom stereocenters. The minimum Gasteiger partial charge on any atom is -0.444 e. The van der Waals surface area contributed by atoms with E-state index in [-0.39, 0.29) is 6.09 Å². The number of hydrogen-bond donors (Lipinski definition) is 0. The molecule has 0 saturated heterocycles. The second kappa shape index (κ2) is 8.37. The Balaban J connectivity index is 1.75. The number of ether oxygens (including phenoxy) is 1. The highest BCUT2D eigenvalue weighted by molar-refractivity contribution is 7.98. The summed E-state index contributed by atoms with van der Waals surface area (Å²) in [5.74, 6) is 1.76. The van der Waals surface area contributed by atoms with Crippen molar-refractivity contribution in [3.8, 4) is 0 Å². The number of halogens is 1. The van der Waals surface area contributed by atoms with Crippen LogP contribution in [-0.2, 0) is 30.4 Å². The highest BCUT2D eigenvalue weighted by atomic mass is 35.5. The summed E-state index contributed by atoms with van der Waals surface area (Å²) in [7, 11) is 2.00. The predicted octanol–water partition coefficient (Wildman–Crippen LogP) is 5.01. The summed E-state index contributed by atoms with van der Waals surface area (Å²) in [4.78, 5) is 18.8. The maximum absolute atomic E-state index is 12.5.